The zero-order valence-electron chi connectivity index (χ0n) is 15.9. The Morgan fingerprint density at radius 2 is 1.85 bits per heavy atom. The van der Waals surface area contributed by atoms with E-state index in [0.29, 0.717) is 6.61 Å². The van der Waals surface area contributed by atoms with Gasteiger partial charge in [-0.15, -0.1) is 0 Å². The Morgan fingerprint density at radius 3 is 2.52 bits per heavy atom. The highest BCUT2D eigenvalue weighted by atomic mass is 19.1. The van der Waals surface area contributed by atoms with Gasteiger partial charge >= 0.3 is 5.97 Å². The zero-order chi connectivity index (χ0) is 19.4. The maximum absolute atomic E-state index is 13.4. The van der Waals surface area contributed by atoms with Crippen LogP contribution in [0.25, 0.3) is 28.1 Å². The van der Waals surface area contributed by atoms with Crippen molar-refractivity contribution in [2.24, 2.45) is 0 Å². The third kappa shape index (κ3) is 3.95. The van der Waals surface area contributed by atoms with Crippen molar-refractivity contribution in [2.45, 2.75) is 33.2 Å². The van der Waals surface area contributed by atoms with Crippen LogP contribution in [0.5, 0.6) is 0 Å². The molecule has 0 atom stereocenters. The summed E-state index contributed by atoms with van der Waals surface area (Å²) in [5, 5.41) is 1.07. The minimum Gasteiger partial charge on any atom is -0.463 e. The van der Waals surface area contributed by atoms with E-state index in [1.54, 1.807) is 18.2 Å². The molecule has 27 heavy (non-hydrogen) atoms. The van der Waals surface area contributed by atoms with Crippen LogP contribution in [0.15, 0.2) is 54.6 Å². The molecule has 0 aliphatic rings. The Morgan fingerprint density at radius 1 is 1.15 bits per heavy atom. The molecule has 0 amide bonds. The van der Waals surface area contributed by atoms with Crippen molar-refractivity contribution in [3.05, 3.63) is 66.1 Å². The fraction of sp³-hybridized carbons (Fsp3) is 0.261. The summed E-state index contributed by atoms with van der Waals surface area (Å²) < 4.78 is 20.8. The van der Waals surface area contributed by atoms with Crippen molar-refractivity contribution in [1.29, 1.82) is 0 Å². The third-order valence-corrected chi connectivity index (χ3v) is 4.42. The molecule has 0 N–H and O–H groups in total. The van der Waals surface area contributed by atoms with Gasteiger partial charge in [-0.05, 0) is 50.1 Å². The van der Waals surface area contributed by atoms with Gasteiger partial charge in [-0.3, -0.25) is 0 Å². The van der Waals surface area contributed by atoms with Crippen LogP contribution in [0, 0.1) is 5.82 Å². The van der Waals surface area contributed by atoms with Gasteiger partial charge in [0.15, 0.2) is 0 Å². The van der Waals surface area contributed by atoms with E-state index < -0.39 is 0 Å². The van der Waals surface area contributed by atoms with Gasteiger partial charge in [0.25, 0.3) is 0 Å². The summed E-state index contributed by atoms with van der Waals surface area (Å²) in [6, 6.07) is 14.8. The monoisotopic (exact) mass is 365 g/mol. The highest BCUT2D eigenvalue weighted by Crippen LogP contribution is 2.37. The number of carbonyl (C=O) groups is 1. The summed E-state index contributed by atoms with van der Waals surface area (Å²) in [5.74, 6) is -0.631. The number of hydrogen-bond donors (Lipinski definition) is 0. The molecule has 0 spiro atoms. The van der Waals surface area contributed by atoms with Crippen molar-refractivity contribution < 1.29 is 13.9 Å². The number of halogens is 1. The quantitative estimate of drug-likeness (QED) is 0.396. The van der Waals surface area contributed by atoms with Gasteiger partial charge in [-0.2, -0.15) is 0 Å². The average molecular weight is 365 g/mol. The fourth-order valence-electron chi connectivity index (χ4n) is 3.32. The molecule has 2 aromatic carbocycles. The highest BCUT2D eigenvalue weighted by molar-refractivity contribution is 6.02. The first-order chi connectivity index (χ1) is 13.0. The first-order valence-corrected chi connectivity index (χ1v) is 9.26. The lowest BCUT2D eigenvalue weighted by Crippen LogP contribution is -2.04. The molecular weight excluding hydrogens is 341 g/mol. The van der Waals surface area contributed by atoms with Gasteiger partial charge in [0.2, 0.25) is 0 Å². The van der Waals surface area contributed by atoms with E-state index in [-0.39, 0.29) is 17.8 Å². The Hall–Kier alpha value is -2.88. The molecule has 0 saturated heterocycles. The number of nitrogens with zero attached hydrogens (tertiary/aromatic N) is 1. The molecule has 1 heterocycles. The Labute approximate surface area is 159 Å². The zero-order valence-corrected chi connectivity index (χ0v) is 15.9. The Kier molecular flexibility index (Phi) is 5.75. The number of aromatic nitrogens is 1. The molecule has 0 fully saturated rings. The SMILES string of the molecule is CCCOC(=O)C=Cc1c(-c2ccc(F)cc2)c2ccccc2n1C(C)C. The van der Waals surface area contributed by atoms with E-state index in [9.17, 15) is 9.18 Å². The summed E-state index contributed by atoms with van der Waals surface area (Å²) in [4.78, 5) is 12.0. The van der Waals surface area contributed by atoms with Crippen LogP contribution in [-0.4, -0.2) is 17.1 Å². The lowest BCUT2D eigenvalue weighted by Gasteiger charge is -2.13. The van der Waals surface area contributed by atoms with E-state index in [1.165, 1.54) is 18.2 Å². The van der Waals surface area contributed by atoms with E-state index in [4.69, 9.17) is 4.74 Å². The van der Waals surface area contributed by atoms with Crippen LogP contribution in [0.2, 0.25) is 0 Å². The molecule has 0 bridgehead atoms. The van der Waals surface area contributed by atoms with Gasteiger partial charge < -0.3 is 9.30 Å². The van der Waals surface area contributed by atoms with Crippen molar-refractivity contribution in [1.82, 2.24) is 4.57 Å². The van der Waals surface area contributed by atoms with Gasteiger partial charge in [0.05, 0.1) is 12.3 Å². The number of carbonyl (C=O) groups excluding carboxylic acids is 1. The average Bonchev–Trinajstić information content (AvgIpc) is 2.99. The predicted octanol–water partition coefficient (Wildman–Crippen LogP) is 5.99. The maximum atomic E-state index is 13.4. The number of fused-ring (bicyclic) bond motifs is 1. The number of esters is 1. The minimum absolute atomic E-state index is 0.190. The molecule has 0 saturated carbocycles. The van der Waals surface area contributed by atoms with Crippen LogP contribution in [-0.2, 0) is 9.53 Å². The summed E-state index contributed by atoms with van der Waals surface area (Å²) in [6.45, 7) is 6.57. The number of ether oxygens (including phenoxy) is 1. The smallest absolute Gasteiger partial charge is 0.330 e. The number of benzene rings is 2. The Bertz CT molecular complexity index is 968. The molecule has 0 aliphatic carbocycles. The maximum Gasteiger partial charge on any atom is 0.330 e. The summed E-state index contributed by atoms with van der Waals surface area (Å²) in [7, 11) is 0. The van der Waals surface area contributed by atoms with Crippen LogP contribution in [0.1, 0.15) is 38.9 Å². The fourth-order valence-corrected chi connectivity index (χ4v) is 3.32. The van der Waals surface area contributed by atoms with Crippen molar-refractivity contribution >= 4 is 22.9 Å². The molecule has 0 radical (unpaired) electrons. The molecule has 140 valence electrons. The van der Waals surface area contributed by atoms with Crippen molar-refractivity contribution in [3.63, 3.8) is 0 Å². The molecule has 4 heteroatoms. The molecule has 3 nitrogen and oxygen atoms in total. The molecular formula is C23H24FNO2. The van der Waals surface area contributed by atoms with Gasteiger partial charge in [-0.25, -0.2) is 9.18 Å². The molecule has 0 unspecified atom stereocenters. The number of rotatable bonds is 6. The first-order valence-electron chi connectivity index (χ1n) is 9.26. The highest BCUT2D eigenvalue weighted by Gasteiger charge is 2.18. The van der Waals surface area contributed by atoms with Crippen LogP contribution >= 0.6 is 0 Å². The third-order valence-electron chi connectivity index (χ3n) is 4.42. The largest absolute Gasteiger partial charge is 0.463 e. The molecule has 3 aromatic rings. The van der Waals surface area contributed by atoms with E-state index in [2.05, 4.69) is 30.5 Å². The van der Waals surface area contributed by atoms with E-state index >= 15 is 0 Å². The molecule has 3 rings (SSSR count). The molecule has 0 aliphatic heterocycles. The second-order valence-corrected chi connectivity index (χ2v) is 6.75. The van der Waals surface area contributed by atoms with Gasteiger partial charge in [-0.1, -0.05) is 37.3 Å². The van der Waals surface area contributed by atoms with Crippen LogP contribution < -0.4 is 0 Å². The van der Waals surface area contributed by atoms with Crippen molar-refractivity contribution in [3.8, 4) is 11.1 Å². The minimum atomic E-state index is -0.359. The predicted molar refractivity (Wildman–Crippen MR) is 108 cm³/mol. The van der Waals surface area contributed by atoms with Crippen molar-refractivity contribution in [2.75, 3.05) is 6.61 Å². The normalized spacial score (nSPS) is 11.6. The number of hydrogen-bond acceptors (Lipinski definition) is 2. The number of para-hydroxylation sites is 1. The molecule has 1 aromatic heterocycles. The summed E-state index contributed by atoms with van der Waals surface area (Å²) in [5.41, 5.74) is 3.88. The van der Waals surface area contributed by atoms with Crippen LogP contribution in [0.4, 0.5) is 4.39 Å². The first kappa shape index (κ1) is 18.9. The summed E-state index contributed by atoms with van der Waals surface area (Å²) >= 11 is 0. The second-order valence-electron chi connectivity index (χ2n) is 6.75. The topological polar surface area (TPSA) is 31.2 Å². The standard InChI is InChI=1S/C23H24FNO2/c1-4-15-27-22(26)14-13-21-23(17-9-11-18(24)12-10-17)19-7-5-6-8-20(19)25(21)16(2)3/h5-14,16H,4,15H2,1-3H3. The van der Waals surface area contributed by atoms with Gasteiger partial charge in [0.1, 0.15) is 5.82 Å². The van der Waals surface area contributed by atoms with Crippen LogP contribution in [0.3, 0.4) is 0 Å². The van der Waals surface area contributed by atoms with Gasteiger partial charge in [0, 0.05) is 28.6 Å². The lowest BCUT2D eigenvalue weighted by molar-refractivity contribution is -0.137. The Balaban J connectivity index is 2.21. The van der Waals surface area contributed by atoms with E-state index in [1.807, 2.05) is 19.1 Å². The van der Waals surface area contributed by atoms with E-state index in [0.717, 1.165) is 34.1 Å². The second kappa shape index (κ2) is 8.21. The lowest BCUT2D eigenvalue weighted by atomic mass is 10.0. The summed E-state index contributed by atoms with van der Waals surface area (Å²) in [6.07, 6.45) is 4.05.